The summed E-state index contributed by atoms with van der Waals surface area (Å²) in [7, 11) is 1.71. The van der Waals surface area contributed by atoms with E-state index in [0.29, 0.717) is 21.8 Å². The molecule has 0 aliphatic rings. The molecule has 0 fully saturated rings. The van der Waals surface area contributed by atoms with Crippen molar-refractivity contribution in [1.29, 1.82) is 0 Å². The fourth-order valence-electron chi connectivity index (χ4n) is 1.85. The SMILES string of the molecule is CNC(=S)c1ccccc1NC(=O)c1ccc([N+](=O)[O-])cc1. The Morgan fingerprint density at radius 2 is 1.77 bits per heavy atom. The molecule has 2 aromatic rings. The van der Waals surface area contributed by atoms with Crippen LogP contribution in [0.1, 0.15) is 15.9 Å². The molecule has 0 aromatic heterocycles. The summed E-state index contributed by atoms with van der Waals surface area (Å²) in [6.45, 7) is 0. The molecule has 0 heterocycles. The molecule has 0 atom stereocenters. The van der Waals surface area contributed by atoms with Crippen molar-refractivity contribution in [3.05, 3.63) is 69.8 Å². The first kappa shape index (κ1) is 15.6. The van der Waals surface area contributed by atoms with Gasteiger partial charge in [0.2, 0.25) is 0 Å². The number of hydrogen-bond acceptors (Lipinski definition) is 4. The minimum atomic E-state index is -0.512. The quantitative estimate of drug-likeness (QED) is 0.515. The molecule has 0 aliphatic heterocycles. The molecule has 6 nitrogen and oxygen atoms in total. The van der Waals surface area contributed by atoms with E-state index in [-0.39, 0.29) is 11.6 Å². The maximum absolute atomic E-state index is 12.2. The Kier molecular flexibility index (Phi) is 4.80. The number of hydrogen-bond donors (Lipinski definition) is 2. The standard InChI is InChI=1S/C15H13N3O3S/c1-16-15(22)12-4-2-3-5-13(12)17-14(19)10-6-8-11(9-7-10)18(20)21/h2-9H,1H3,(H,16,22)(H,17,19). The van der Waals surface area contributed by atoms with Crippen LogP contribution in [0.15, 0.2) is 48.5 Å². The van der Waals surface area contributed by atoms with Gasteiger partial charge in [-0.15, -0.1) is 0 Å². The van der Waals surface area contributed by atoms with E-state index in [1.807, 2.05) is 6.07 Å². The van der Waals surface area contributed by atoms with Gasteiger partial charge in [-0.3, -0.25) is 14.9 Å². The van der Waals surface area contributed by atoms with Gasteiger partial charge in [-0.05, 0) is 24.3 Å². The molecule has 2 N–H and O–H groups in total. The number of thiocarbonyl (C=S) groups is 1. The van der Waals surface area contributed by atoms with Gasteiger partial charge < -0.3 is 10.6 Å². The summed E-state index contributed by atoms with van der Waals surface area (Å²) in [6, 6.07) is 12.5. The first-order valence-corrected chi connectivity index (χ1v) is 6.80. The van der Waals surface area contributed by atoms with E-state index in [2.05, 4.69) is 10.6 Å². The maximum Gasteiger partial charge on any atom is 0.269 e. The lowest BCUT2D eigenvalue weighted by Gasteiger charge is -2.11. The second-order valence-electron chi connectivity index (χ2n) is 4.38. The molecule has 0 bridgehead atoms. The van der Waals surface area contributed by atoms with E-state index >= 15 is 0 Å². The molecule has 0 unspecified atom stereocenters. The van der Waals surface area contributed by atoms with Crippen molar-refractivity contribution in [2.24, 2.45) is 0 Å². The number of para-hydroxylation sites is 1. The topological polar surface area (TPSA) is 84.3 Å². The average Bonchev–Trinajstić information content (AvgIpc) is 2.54. The van der Waals surface area contributed by atoms with E-state index in [0.717, 1.165) is 0 Å². The van der Waals surface area contributed by atoms with Gasteiger partial charge in [-0.1, -0.05) is 24.4 Å². The highest BCUT2D eigenvalue weighted by molar-refractivity contribution is 7.80. The van der Waals surface area contributed by atoms with E-state index < -0.39 is 4.92 Å². The molecular weight excluding hydrogens is 302 g/mol. The zero-order chi connectivity index (χ0) is 16.1. The Morgan fingerprint density at radius 3 is 2.36 bits per heavy atom. The van der Waals surface area contributed by atoms with Gasteiger partial charge in [0.1, 0.15) is 4.99 Å². The fourth-order valence-corrected chi connectivity index (χ4v) is 2.03. The third kappa shape index (κ3) is 3.44. The van der Waals surface area contributed by atoms with Crippen LogP contribution in [0.4, 0.5) is 11.4 Å². The molecule has 0 spiro atoms. The summed E-state index contributed by atoms with van der Waals surface area (Å²) >= 11 is 5.19. The lowest BCUT2D eigenvalue weighted by atomic mass is 10.1. The highest BCUT2D eigenvalue weighted by atomic mass is 32.1. The maximum atomic E-state index is 12.2. The number of amides is 1. The van der Waals surface area contributed by atoms with E-state index in [1.165, 1.54) is 24.3 Å². The number of nitrogens with one attached hydrogen (secondary N) is 2. The Hall–Kier alpha value is -2.80. The molecule has 2 rings (SSSR count). The summed E-state index contributed by atoms with van der Waals surface area (Å²) in [6.07, 6.45) is 0. The van der Waals surface area contributed by atoms with Crippen LogP contribution in [-0.4, -0.2) is 22.9 Å². The first-order valence-electron chi connectivity index (χ1n) is 6.40. The van der Waals surface area contributed by atoms with Crippen LogP contribution in [0.2, 0.25) is 0 Å². The average molecular weight is 315 g/mol. The van der Waals surface area contributed by atoms with E-state index in [9.17, 15) is 14.9 Å². The lowest BCUT2D eigenvalue weighted by molar-refractivity contribution is -0.384. The van der Waals surface area contributed by atoms with E-state index in [4.69, 9.17) is 12.2 Å². The number of nitro benzene ring substituents is 1. The number of nitrogens with zero attached hydrogens (tertiary/aromatic N) is 1. The van der Waals surface area contributed by atoms with Gasteiger partial charge in [0.15, 0.2) is 0 Å². The van der Waals surface area contributed by atoms with Crippen molar-refractivity contribution in [3.63, 3.8) is 0 Å². The molecule has 112 valence electrons. The highest BCUT2D eigenvalue weighted by Crippen LogP contribution is 2.18. The molecule has 0 saturated carbocycles. The minimum Gasteiger partial charge on any atom is -0.379 e. The molecular formula is C15H13N3O3S. The molecule has 1 amide bonds. The molecule has 0 radical (unpaired) electrons. The van der Waals surface area contributed by atoms with Gasteiger partial charge in [-0.25, -0.2) is 0 Å². The van der Waals surface area contributed by atoms with Gasteiger partial charge in [0.25, 0.3) is 11.6 Å². The Balaban J connectivity index is 2.22. The van der Waals surface area contributed by atoms with Crippen LogP contribution in [0.5, 0.6) is 0 Å². The predicted octanol–water partition coefficient (Wildman–Crippen LogP) is 2.74. The number of non-ortho nitro benzene ring substituents is 1. The largest absolute Gasteiger partial charge is 0.379 e. The van der Waals surface area contributed by atoms with Crippen molar-refractivity contribution in [1.82, 2.24) is 5.32 Å². The minimum absolute atomic E-state index is 0.0617. The normalized spacial score (nSPS) is 9.86. The lowest BCUT2D eigenvalue weighted by Crippen LogP contribution is -2.20. The molecule has 0 aliphatic carbocycles. The predicted molar refractivity (Wildman–Crippen MR) is 88.3 cm³/mol. The molecule has 7 heteroatoms. The summed E-state index contributed by atoms with van der Waals surface area (Å²) in [4.78, 5) is 22.8. The van der Waals surface area contributed by atoms with Gasteiger partial charge >= 0.3 is 0 Å². The van der Waals surface area contributed by atoms with Gasteiger partial charge in [-0.2, -0.15) is 0 Å². The summed E-state index contributed by atoms with van der Waals surface area (Å²) in [5, 5.41) is 16.2. The van der Waals surface area contributed by atoms with Crippen LogP contribution in [0.3, 0.4) is 0 Å². The van der Waals surface area contributed by atoms with Crippen molar-refractivity contribution >= 4 is 34.5 Å². The zero-order valence-corrected chi connectivity index (χ0v) is 12.5. The summed E-state index contributed by atoms with van der Waals surface area (Å²) < 4.78 is 0. The van der Waals surface area contributed by atoms with Crippen LogP contribution in [0.25, 0.3) is 0 Å². The number of benzene rings is 2. The van der Waals surface area contributed by atoms with Crippen molar-refractivity contribution in [3.8, 4) is 0 Å². The van der Waals surface area contributed by atoms with Crippen molar-refractivity contribution < 1.29 is 9.72 Å². The Labute approximate surface area is 132 Å². The highest BCUT2D eigenvalue weighted by Gasteiger charge is 2.12. The van der Waals surface area contributed by atoms with Crippen molar-refractivity contribution in [2.75, 3.05) is 12.4 Å². The van der Waals surface area contributed by atoms with Gasteiger partial charge in [0.05, 0.1) is 10.6 Å². The zero-order valence-electron chi connectivity index (χ0n) is 11.7. The van der Waals surface area contributed by atoms with Crippen molar-refractivity contribution in [2.45, 2.75) is 0 Å². The Morgan fingerprint density at radius 1 is 1.14 bits per heavy atom. The number of anilines is 1. The second kappa shape index (κ2) is 6.77. The monoisotopic (exact) mass is 315 g/mol. The van der Waals surface area contributed by atoms with Crippen LogP contribution in [0, 0.1) is 10.1 Å². The number of nitro groups is 1. The summed E-state index contributed by atoms with van der Waals surface area (Å²) in [5.74, 6) is -0.360. The number of carbonyl (C=O) groups is 1. The molecule has 2 aromatic carbocycles. The first-order chi connectivity index (χ1) is 10.5. The van der Waals surface area contributed by atoms with E-state index in [1.54, 1.807) is 25.2 Å². The summed E-state index contributed by atoms with van der Waals surface area (Å²) in [5.41, 5.74) is 1.55. The molecule has 0 saturated heterocycles. The fraction of sp³-hybridized carbons (Fsp3) is 0.0667. The smallest absolute Gasteiger partial charge is 0.269 e. The van der Waals surface area contributed by atoms with Crippen LogP contribution >= 0.6 is 12.2 Å². The molecule has 22 heavy (non-hydrogen) atoms. The third-order valence-corrected chi connectivity index (χ3v) is 3.41. The van der Waals surface area contributed by atoms with Crippen LogP contribution in [-0.2, 0) is 0 Å². The third-order valence-electron chi connectivity index (χ3n) is 2.99. The Bertz CT molecular complexity index is 729. The van der Waals surface area contributed by atoms with Crippen LogP contribution < -0.4 is 10.6 Å². The van der Waals surface area contributed by atoms with Gasteiger partial charge in [0, 0.05) is 30.3 Å². The number of carbonyl (C=O) groups excluding carboxylic acids is 1. The second-order valence-corrected chi connectivity index (χ2v) is 4.79. The number of rotatable bonds is 4.